The summed E-state index contributed by atoms with van der Waals surface area (Å²) in [6, 6.07) is 7.43. The number of fused-ring (bicyclic) bond motifs is 1. The summed E-state index contributed by atoms with van der Waals surface area (Å²) in [5, 5.41) is 3.51. The molecule has 2 heterocycles. The molecule has 7 heteroatoms. The van der Waals surface area contributed by atoms with Crippen molar-refractivity contribution in [2.45, 2.75) is 39.5 Å². The summed E-state index contributed by atoms with van der Waals surface area (Å²) in [6.45, 7) is 4.71. The Bertz CT molecular complexity index is 704. The summed E-state index contributed by atoms with van der Waals surface area (Å²) >= 11 is 5.95. The van der Waals surface area contributed by atoms with Gasteiger partial charge in [0.1, 0.15) is 18.8 Å². The molecule has 1 fully saturated rings. The minimum Gasteiger partial charge on any atom is -0.334 e. The molecule has 2 aliphatic rings. The molecule has 1 atom stereocenters. The molecule has 0 saturated carbocycles. The molecular formula is C18H23ClN4O2. The summed E-state index contributed by atoms with van der Waals surface area (Å²) in [6.07, 6.45) is 2.84. The molecule has 0 aromatic heterocycles. The maximum atomic E-state index is 13.2. The van der Waals surface area contributed by atoms with E-state index in [9.17, 15) is 9.59 Å². The van der Waals surface area contributed by atoms with Crippen LogP contribution >= 0.6 is 11.6 Å². The molecule has 2 amide bonds. The highest BCUT2D eigenvalue weighted by Gasteiger charge is 2.52. The van der Waals surface area contributed by atoms with Gasteiger partial charge in [-0.25, -0.2) is 4.99 Å². The van der Waals surface area contributed by atoms with Crippen molar-refractivity contribution in [2.24, 2.45) is 10.4 Å². The van der Waals surface area contributed by atoms with Crippen LogP contribution in [0.3, 0.4) is 0 Å². The Kier molecular flexibility index (Phi) is 4.99. The van der Waals surface area contributed by atoms with E-state index in [1.807, 2.05) is 36.1 Å². The first-order valence-corrected chi connectivity index (χ1v) is 9.08. The van der Waals surface area contributed by atoms with Crippen LogP contribution < -0.4 is 10.2 Å². The van der Waals surface area contributed by atoms with Gasteiger partial charge in [0, 0.05) is 10.7 Å². The fourth-order valence-electron chi connectivity index (χ4n) is 3.37. The molecule has 0 aliphatic carbocycles. The SMILES string of the molecule is CCCCC1(CC)C(=O)NC2=NCN(c3ccc(Cl)cc3)CN2C1=O. The van der Waals surface area contributed by atoms with E-state index in [-0.39, 0.29) is 11.8 Å². The van der Waals surface area contributed by atoms with Gasteiger partial charge in [-0.3, -0.25) is 19.8 Å². The van der Waals surface area contributed by atoms with Gasteiger partial charge in [-0.2, -0.15) is 0 Å². The van der Waals surface area contributed by atoms with Crippen molar-refractivity contribution >= 4 is 35.1 Å². The molecule has 0 spiro atoms. The van der Waals surface area contributed by atoms with Gasteiger partial charge in [-0.15, -0.1) is 0 Å². The van der Waals surface area contributed by atoms with E-state index in [0.29, 0.717) is 37.2 Å². The second kappa shape index (κ2) is 7.04. The Morgan fingerprint density at radius 3 is 2.60 bits per heavy atom. The van der Waals surface area contributed by atoms with Crippen molar-refractivity contribution < 1.29 is 9.59 Å². The molecule has 0 radical (unpaired) electrons. The number of benzene rings is 1. The number of carbonyl (C=O) groups is 2. The molecular weight excluding hydrogens is 340 g/mol. The average molecular weight is 363 g/mol. The number of nitrogens with one attached hydrogen (secondary N) is 1. The third-order valence-electron chi connectivity index (χ3n) is 5.03. The van der Waals surface area contributed by atoms with Crippen molar-refractivity contribution in [3.05, 3.63) is 29.3 Å². The van der Waals surface area contributed by atoms with E-state index >= 15 is 0 Å². The van der Waals surface area contributed by atoms with E-state index in [1.165, 1.54) is 0 Å². The number of guanidine groups is 1. The predicted octanol–water partition coefficient (Wildman–Crippen LogP) is 2.98. The molecule has 6 nitrogen and oxygen atoms in total. The van der Waals surface area contributed by atoms with Crippen molar-refractivity contribution in [3.8, 4) is 0 Å². The monoisotopic (exact) mass is 362 g/mol. The Morgan fingerprint density at radius 2 is 1.96 bits per heavy atom. The smallest absolute Gasteiger partial charge is 0.246 e. The molecule has 25 heavy (non-hydrogen) atoms. The van der Waals surface area contributed by atoms with Crippen LogP contribution in [0.15, 0.2) is 29.3 Å². The summed E-state index contributed by atoms with van der Waals surface area (Å²) in [4.78, 5) is 33.8. The van der Waals surface area contributed by atoms with E-state index in [1.54, 1.807) is 4.90 Å². The summed E-state index contributed by atoms with van der Waals surface area (Å²) < 4.78 is 0. The topological polar surface area (TPSA) is 65.0 Å². The number of anilines is 1. The minimum atomic E-state index is -0.988. The molecule has 1 unspecified atom stereocenters. The van der Waals surface area contributed by atoms with Gasteiger partial charge in [0.2, 0.25) is 17.8 Å². The highest BCUT2D eigenvalue weighted by atomic mass is 35.5. The maximum Gasteiger partial charge on any atom is 0.246 e. The number of aliphatic imine (C=N–C) groups is 1. The number of rotatable bonds is 5. The number of amides is 2. The summed E-state index contributed by atoms with van der Waals surface area (Å²) in [5.41, 5.74) is -0.0505. The van der Waals surface area contributed by atoms with Gasteiger partial charge in [0.15, 0.2) is 0 Å². The lowest BCUT2D eigenvalue weighted by molar-refractivity contribution is -0.151. The largest absolute Gasteiger partial charge is 0.334 e. The quantitative estimate of drug-likeness (QED) is 0.819. The third kappa shape index (κ3) is 3.11. The summed E-state index contributed by atoms with van der Waals surface area (Å²) in [7, 11) is 0. The number of carbonyl (C=O) groups excluding carboxylic acids is 2. The van der Waals surface area contributed by atoms with E-state index in [2.05, 4.69) is 17.2 Å². The van der Waals surface area contributed by atoms with Crippen molar-refractivity contribution in [2.75, 3.05) is 18.2 Å². The van der Waals surface area contributed by atoms with Crippen LogP contribution in [0.4, 0.5) is 5.69 Å². The van der Waals surface area contributed by atoms with Gasteiger partial charge < -0.3 is 4.90 Å². The maximum absolute atomic E-state index is 13.2. The van der Waals surface area contributed by atoms with Crippen LogP contribution in [0.1, 0.15) is 39.5 Å². The number of unbranched alkanes of at least 4 members (excludes halogenated alkanes) is 1. The lowest BCUT2D eigenvalue weighted by Gasteiger charge is -2.44. The van der Waals surface area contributed by atoms with Gasteiger partial charge in [0.05, 0.1) is 0 Å². The molecule has 1 aromatic carbocycles. The van der Waals surface area contributed by atoms with E-state index in [0.717, 1.165) is 18.5 Å². The zero-order valence-corrected chi connectivity index (χ0v) is 15.3. The van der Waals surface area contributed by atoms with Crippen LogP contribution in [0.5, 0.6) is 0 Å². The Morgan fingerprint density at radius 1 is 1.24 bits per heavy atom. The zero-order valence-electron chi connectivity index (χ0n) is 14.6. The molecule has 1 saturated heterocycles. The number of hydrogen-bond acceptors (Lipinski definition) is 4. The second-order valence-corrected chi connectivity index (χ2v) is 6.94. The van der Waals surface area contributed by atoms with Crippen LogP contribution in [-0.2, 0) is 9.59 Å². The minimum absolute atomic E-state index is 0.149. The molecule has 1 N–H and O–H groups in total. The fraction of sp³-hybridized carbons (Fsp3) is 0.500. The fourth-order valence-corrected chi connectivity index (χ4v) is 3.49. The first-order valence-electron chi connectivity index (χ1n) is 8.70. The van der Waals surface area contributed by atoms with E-state index < -0.39 is 5.41 Å². The van der Waals surface area contributed by atoms with Crippen LogP contribution in [-0.4, -0.2) is 36.0 Å². The summed E-state index contributed by atoms with van der Waals surface area (Å²) in [5.74, 6) is -0.00575. The highest BCUT2D eigenvalue weighted by molar-refractivity contribution is 6.30. The third-order valence-corrected chi connectivity index (χ3v) is 5.28. The Hall–Kier alpha value is -2.08. The van der Waals surface area contributed by atoms with Crippen molar-refractivity contribution in [1.29, 1.82) is 0 Å². The van der Waals surface area contributed by atoms with Crippen molar-refractivity contribution in [1.82, 2.24) is 10.2 Å². The highest BCUT2D eigenvalue weighted by Crippen LogP contribution is 2.35. The second-order valence-electron chi connectivity index (χ2n) is 6.51. The number of nitrogens with zero attached hydrogens (tertiary/aromatic N) is 3. The predicted molar refractivity (Wildman–Crippen MR) is 98.3 cm³/mol. The number of hydrogen-bond donors (Lipinski definition) is 1. The molecule has 3 rings (SSSR count). The van der Waals surface area contributed by atoms with Crippen molar-refractivity contribution in [3.63, 3.8) is 0 Å². The Balaban J connectivity index is 1.87. The van der Waals surface area contributed by atoms with Gasteiger partial charge in [-0.05, 0) is 37.1 Å². The average Bonchev–Trinajstić information content (AvgIpc) is 2.63. The van der Waals surface area contributed by atoms with Crippen LogP contribution in [0.2, 0.25) is 5.02 Å². The number of halogens is 1. The van der Waals surface area contributed by atoms with E-state index in [4.69, 9.17) is 11.6 Å². The first kappa shape index (κ1) is 17.7. The van der Waals surface area contributed by atoms with Gasteiger partial charge in [-0.1, -0.05) is 38.3 Å². The standard InChI is InChI=1S/C18H23ClN4O2/c1-3-5-10-18(4-2)15(24)21-17-20-11-22(12-23(17)16(18)25)14-8-6-13(19)7-9-14/h6-9H,3-5,10-12H2,1-2H3,(H,20,21,24). The van der Waals surface area contributed by atoms with Gasteiger partial charge in [0.25, 0.3) is 0 Å². The first-order chi connectivity index (χ1) is 12.0. The molecule has 1 aromatic rings. The zero-order chi connectivity index (χ0) is 18.0. The normalized spacial score (nSPS) is 23.2. The lowest BCUT2D eigenvalue weighted by atomic mass is 9.76. The van der Waals surface area contributed by atoms with Gasteiger partial charge >= 0.3 is 0 Å². The molecule has 134 valence electrons. The van der Waals surface area contributed by atoms with Crippen LogP contribution in [0.25, 0.3) is 0 Å². The lowest BCUT2D eigenvalue weighted by Crippen LogP contribution is -2.67. The van der Waals surface area contributed by atoms with Crippen LogP contribution in [0, 0.1) is 5.41 Å². The molecule has 0 bridgehead atoms. The molecule has 2 aliphatic heterocycles. The Labute approximate surface area is 152 Å².